The summed E-state index contributed by atoms with van der Waals surface area (Å²) in [5.41, 5.74) is 0. The Bertz CT molecular complexity index is 298. The molecule has 5 nitrogen and oxygen atoms in total. The molecule has 0 aliphatic heterocycles. The maximum Gasteiger partial charge on any atom is 0.317 e. The number of nitrogens with one attached hydrogen (secondary N) is 1. The van der Waals surface area contributed by atoms with Crippen LogP contribution in [0, 0.1) is 11.8 Å². The van der Waals surface area contributed by atoms with Gasteiger partial charge in [0.15, 0.2) is 0 Å². The minimum atomic E-state index is -0.867. The van der Waals surface area contributed by atoms with Crippen molar-refractivity contribution in [2.75, 3.05) is 25.6 Å². The van der Waals surface area contributed by atoms with E-state index in [1.54, 1.807) is 23.7 Å². The van der Waals surface area contributed by atoms with E-state index in [0.717, 1.165) is 12.2 Å². The summed E-state index contributed by atoms with van der Waals surface area (Å²) in [6.45, 7) is 5.85. The SMILES string of the molecule is CSCCC(C)N(C)C(=O)NCC(C(=O)O)C(C)C. The van der Waals surface area contributed by atoms with Crippen LogP contribution in [-0.2, 0) is 4.79 Å². The fourth-order valence-corrected chi connectivity index (χ4v) is 2.19. The minimum Gasteiger partial charge on any atom is -0.481 e. The Hall–Kier alpha value is -0.910. The predicted molar refractivity (Wildman–Crippen MR) is 79.6 cm³/mol. The minimum absolute atomic E-state index is 0.00276. The highest BCUT2D eigenvalue weighted by Crippen LogP contribution is 2.10. The molecule has 0 spiro atoms. The highest BCUT2D eigenvalue weighted by molar-refractivity contribution is 7.98. The van der Waals surface area contributed by atoms with E-state index in [1.807, 2.05) is 27.0 Å². The maximum atomic E-state index is 11.9. The second kappa shape index (κ2) is 9.07. The molecule has 0 radical (unpaired) electrons. The Morgan fingerprint density at radius 1 is 1.32 bits per heavy atom. The quantitative estimate of drug-likeness (QED) is 0.718. The van der Waals surface area contributed by atoms with Crippen molar-refractivity contribution in [3.8, 4) is 0 Å². The zero-order valence-electron chi connectivity index (χ0n) is 12.5. The van der Waals surface area contributed by atoms with Gasteiger partial charge in [0, 0.05) is 19.6 Å². The molecule has 0 aliphatic carbocycles. The number of carbonyl (C=O) groups is 2. The number of carboxylic acids is 1. The van der Waals surface area contributed by atoms with Crippen LogP contribution in [0.15, 0.2) is 0 Å². The lowest BCUT2D eigenvalue weighted by atomic mass is 9.96. The number of thioether (sulfide) groups is 1. The molecule has 2 N–H and O–H groups in total. The lowest BCUT2D eigenvalue weighted by molar-refractivity contribution is -0.142. The van der Waals surface area contributed by atoms with Gasteiger partial charge in [-0.1, -0.05) is 13.8 Å². The molecule has 112 valence electrons. The molecule has 6 heteroatoms. The van der Waals surface area contributed by atoms with Crippen LogP contribution in [0.5, 0.6) is 0 Å². The molecule has 2 amide bonds. The molecule has 0 aromatic heterocycles. The number of carbonyl (C=O) groups excluding carboxylic acids is 1. The van der Waals surface area contributed by atoms with Gasteiger partial charge >= 0.3 is 12.0 Å². The predicted octanol–water partition coefficient (Wildman–Crippen LogP) is 2.13. The standard InChI is InChI=1S/C13H26N2O3S/c1-9(2)11(12(16)17)8-14-13(18)15(4)10(3)6-7-19-5/h9-11H,6-8H2,1-5H3,(H,14,18)(H,16,17). The van der Waals surface area contributed by atoms with Crippen LogP contribution in [0.3, 0.4) is 0 Å². The van der Waals surface area contributed by atoms with Crippen LogP contribution in [0.4, 0.5) is 4.79 Å². The Morgan fingerprint density at radius 3 is 2.32 bits per heavy atom. The van der Waals surface area contributed by atoms with Crippen LogP contribution >= 0.6 is 11.8 Å². The van der Waals surface area contributed by atoms with Crippen LogP contribution < -0.4 is 5.32 Å². The first-order chi connectivity index (χ1) is 8.81. The molecule has 0 rings (SSSR count). The number of carboxylic acid groups (broad SMARTS) is 1. The summed E-state index contributed by atoms with van der Waals surface area (Å²) in [5, 5.41) is 11.8. The summed E-state index contributed by atoms with van der Waals surface area (Å²) in [6.07, 6.45) is 2.96. The lowest BCUT2D eigenvalue weighted by Gasteiger charge is -2.26. The van der Waals surface area contributed by atoms with Crippen molar-refractivity contribution in [1.82, 2.24) is 10.2 Å². The average Bonchev–Trinajstić information content (AvgIpc) is 2.33. The van der Waals surface area contributed by atoms with Gasteiger partial charge in [0.2, 0.25) is 0 Å². The highest BCUT2D eigenvalue weighted by Gasteiger charge is 2.23. The van der Waals surface area contributed by atoms with E-state index in [4.69, 9.17) is 5.11 Å². The lowest BCUT2D eigenvalue weighted by Crippen LogP contribution is -2.45. The monoisotopic (exact) mass is 290 g/mol. The van der Waals surface area contributed by atoms with Crippen molar-refractivity contribution in [1.29, 1.82) is 0 Å². The van der Waals surface area contributed by atoms with E-state index in [-0.39, 0.29) is 24.5 Å². The van der Waals surface area contributed by atoms with Gasteiger partial charge in [0.25, 0.3) is 0 Å². The first-order valence-corrected chi connectivity index (χ1v) is 7.93. The van der Waals surface area contributed by atoms with Crippen molar-refractivity contribution in [2.45, 2.75) is 33.2 Å². The third kappa shape index (κ3) is 6.71. The third-order valence-corrected chi connectivity index (χ3v) is 3.96. The van der Waals surface area contributed by atoms with Gasteiger partial charge in [-0.15, -0.1) is 0 Å². The van der Waals surface area contributed by atoms with Gasteiger partial charge < -0.3 is 15.3 Å². The molecular formula is C13H26N2O3S. The molecule has 0 aliphatic rings. The van der Waals surface area contributed by atoms with Crippen LogP contribution in [0.2, 0.25) is 0 Å². The molecule has 0 aromatic rings. The number of urea groups is 1. The molecule has 0 saturated heterocycles. The molecule has 2 unspecified atom stereocenters. The molecular weight excluding hydrogens is 264 g/mol. The summed E-state index contributed by atoms with van der Waals surface area (Å²) in [7, 11) is 1.74. The van der Waals surface area contributed by atoms with E-state index in [0.29, 0.717) is 0 Å². The third-order valence-electron chi connectivity index (χ3n) is 3.32. The van der Waals surface area contributed by atoms with Gasteiger partial charge in [-0.2, -0.15) is 11.8 Å². The van der Waals surface area contributed by atoms with Gasteiger partial charge in [0.05, 0.1) is 5.92 Å². The van der Waals surface area contributed by atoms with E-state index in [2.05, 4.69) is 5.32 Å². The van der Waals surface area contributed by atoms with Gasteiger partial charge in [0.1, 0.15) is 0 Å². The number of hydrogen-bond acceptors (Lipinski definition) is 3. The molecule has 19 heavy (non-hydrogen) atoms. The zero-order chi connectivity index (χ0) is 15.0. The number of aliphatic carboxylic acids is 1. The summed E-state index contributed by atoms with van der Waals surface area (Å²) < 4.78 is 0. The number of nitrogens with zero attached hydrogens (tertiary/aromatic N) is 1. The Morgan fingerprint density at radius 2 is 1.89 bits per heavy atom. The molecule has 0 saturated carbocycles. The first kappa shape index (κ1) is 18.1. The largest absolute Gasteiger partial charge is 0.481 e. The molecule has 0 bridgehead atoms. The Kier molecular flexibility index (Phi) is 8.63. The normalized spacial score (nSPS) is 14.0. The summed E-state index contributed by atoms with van der Waals surface area (Å²) in [4.78, 5) is 24.6. The molecule has 0 aromatic carbocycles. The van der Waals surface area contributed by atoms with E-state index < -0.39 is 11.9 Å². The first-order valence-electron chi connectivity index (χ1n) is 6.53. The molecule has 0 fully saturated rings. The van der Waals surface area contributed by atoms with Gasteiger partial charge in [-0.25, -0.2) is 4.79 Å². The van der Waals surface area contributed by atoms with E-state index >= 15 is 0 Å². The van der Waals surface area contributed by atoms with Crippen molar-refractivity contribution in [3.63, 3.8) is 0 Å². The fraction of sp³-hybridized carbons (Fsp3) is 0.846. The summed E-state index contributed by atoms with van der Waals surface area (Å²) >= 11 is 1.75. The fourth-order valence-electron chi connectivity index (χ4n) is 1.61. The van der Waals surface area contributed by atoms with Gasteiger partial charge in [-0.05, 0) is 31.3 Å². The number of rotatable bonds is 8. The zero-order valence-corrected chi connectivity index (χ0v) is 13.3. The summed E-state index contributed by atoms with van der Waals surface area (Å²) in [5.74, 6) is -0.410. The van der Waals surface area contributed by atoms with Crippen molar-refractivity contribution in [3.05, 3.63) is 0 Å². The smallest absolute Gasteiger partial charge is 0.317 e. The number of hydrogen-bond donors (Lipinski definition) is 2. The molecule has 0 heterocycles. The van der Waals surface area contributed by atoms with Crippen molar-refractivity contribution < 1.29 is 14.7 Å². The van der Waals surface area contributed by atoms with Crippen molar-refractivity contribution in [2.24, 2.45) is 11.8 Å². The Labute approximate surface area is 120 Å². The van der Waals surface area contributed by atoms with Crippen molar-refractivity contribution >= 4 is 23.8 Å². The van der Waals surface area contributed by atoms with Gasteiger partial charge in [-0.3, -0.25) is 4.79 Å². The molecule has 2 atom stereocenters. The van der Waals surface area contributed by atoms with Crippen LogP contribution in [-0.4, -0.2) is 53.6 Å². The highest BCUT2D eigenvalue weighted by atomic mass is 32.2. The number of amides is 2. The topological polar surface area (TPSA) is 69.6 Å². The van der Waals surface area contributed by atoms with E-state index in [9.17, 15) is 9.59 Å². The second-order valence-electron chi connectivity index (χ2n) is 5.12. The van der Waals surface area contributed by atoms with Crippen LogP contribution in [0.1, 0.15) is 27.2 Å². The Balaban J connectivity index is 4.25. The second-order valence-corrected chi connectivity index (χ2v) is 6.10. The summed E-state index contributed by atoms with van der Waals surface area (Å²) in [6, 6.07) is -0.0599. The van der Waals surface area contributed by atoms with Crippen LogP contribution in [0.25, 0.3) is 0 Å². The van der Waals surface area contributed by atoms with E-state index in [1.165, 1.54) is 0 Å². The average molecular weight is 290 g/mol. The maximum absolute atomic E-state index is 11.9.